The number of hydrogen-bond donors (Lipinski definition) is 2. The van der Waals surface area contributed by atoms with Crippen LogP contribution in [-0.4, -0.2) is 30.2 Å². The number of benzene rings is 1. The third-order valence-electron chi connectivity index (χ3n) is 4.55. The van der Waals surface area contributed by atoms with Crippen molar-refractivity contribution >= 4 is 23.6 Å². The molecule has 0 saturated heterocycles. The van der Waals surface area contributed by atoms with Crippen LogP contribution in [0.1, 0.15) is 49.4 Å². The summed E-state index contributed by atoms with van der Waals surface area (Å²) in [5.41, 5.74) is 11.7. The molecule has 0 atom stereocenters. The summed E-state index contributed by atoms with van der Waals surface area (Å²) in [5, 5.41) is 0. The third-order valence-corrected chi connectivity index (χ3v) is 4.55. The second kappa shape index (κ2) is 6.70. The Labute approximate surface area is 145 Å². The van der Waals surface area contributed by atoms with Gasteiger partial charge in [-0.3, -0.25) is 4.90 Å². The van der Waals surface area contributed by atoms with Crippen molar-refractivity contribution < 1.29 is 13.9 Å². The normalized spacial score (nSPS) is 19.4. The van der Waals surface area contributed by atoms with Gasteiger partial charge < -0.3 is 16.2 Å². The molecule has 7 nitrogen and oxygen atoms in total. The first-order valence-electron chi connectivity index (χ1n) is 8.43. The van der Waals surface area contributed by atoms with Gasteiger partial charge in [-0.15, -0.1) is 0 Å². The topological polar surface area (TPSA) is 106 Å². The number of rotatable bonds is 3. The van der Waals surface area contributed by atoms with E-state index >= 15 is 0 Å². The average molecular weight is 347 g/mol. The SMILES string of the molecule is CCOC(=O)c1cc(N2C(N)=NC(N)=NC23CCCCC3)ccc1F. The van der Waals surface area contributed by atoms with E-state index in [1.807, 2.05) is 0 Å². The molecule has 0 unspecified atom stereocenters. The molecule has 0 bridgehead atoms. The highest BCUT2D eigenvalue weighted by Gasteiger charge is 2.42. The number of halogens is 1. The molecule has 2 aliphatic rings. The summed E-state index contributed by atoms with van der Waals surface area (Å²) in [5.74, 6) is -1.02. The molecule has 1 saturated carbocycles. The lowest BCUT2D eigenvalue weighted by molar-refractivity contribution is 0.0521. The number of carbonyl (C=O) groups is 1. The molecular weight excluding hydrogens is 325 g/mol. The number of esters is 1. The maximum atomic E-state index is 14.1. The molecule has 1 aliphatic heterocycles. The molecule has 3 rings (SSSR count). The zero-order chi connectivity index (χ0) is 18.0. The van der Waals surface area contributed by atoms with E-state index in [-0.39, 0.29) is 24.1 Å². The van der Waals surface area contributed by atoms with Crippen LogP contribution in [-0.2, 0) is 4.74 Å². The number of hydrogen-bond acceptors (Lipinski definition) is 7. The van der Waals surface area contributed by atoms with Crippen LogP contribution in [0.3, 0.4) is 0 Å². The Morgan fingerprint density at radius 3 is 2.72 bits per heavy atom. The molecule has 1 heterocycles. The van der Waals surface area contributed by atoms with Crippen LogP contribution in [0.2, 0.25) is 0 Å². The van der Waals surface area contributed by atoms with Crippen molar-refractivity contribution in [1.82, 2.24) is 0 Å². The van der Waals surface area contributed by atoms with Crippen molar-refractivity contribution in [2.75, 3.05) is 11.5 Å². The van der Waals surface area contributed by atoms with Gasteiger partial charge in [-0.05, 0) is 50.8 Å². The first-order valence-corrected chi connectivity index (χ1v) is 8.43. The number of ether oxygens (including phenoxy) is 1. The van der Waals surface area contributed by atoms with Crippen LogP contribution in [0.5, 0.6) is 0 Å². The van der Waals surface area contributed by atoms with E-state index in [4.69, 9.17) is 16.2 Å². The fourth-order valence-corrected chi connectivity index (χ4v) is 3.51. The van der Waals surface area contributed by atoms with Crippen LogP contribution in [0, 0.1) is 5.82 Å². The maximum absolute atomic E-state index is 14.1. The predicted molar refractivity (Wildman–Crippen MR) is 93.9 cm³/mol. The first kappa shape index (κ1) is 17.2. The Morgan fingerprint density at radius 1 is 1.32 bits per heavy atom. The van der Waals surface area contributed by atoms with Crippen LogP contribution in [0.4, 0.5) is 10.1 Å². The van der Waals surface area contributed by atoms with Crippen molar-refractivity contribution in [3.63, 3.8) is 0 Å². The lowest BCUT2D eigenvalue weighted by Gasteiger charge is -2.45. The molecule has 4 N–H and O–H groups in total. The molecule has 134 valence electrons. The quantitative estimate of drug-likeness (QED) is 0.815. The van der Waals surface area contributed by atoms with Crippen molar-refractivity contribution in [3.05, 3.63) is 29.6 Å². The molecule has 1 aromatic rings. The molecule has 0 radical (unpaired) electrons. The standard InChI is InChI=1S/C17H22FN5O2/c1-2-25-14(24)12-10-11(6-7-13(12)18)23-16(20)21-15(19)22-17(23)8-4-3-5-9-17/h6-7,10H,2-5,8-9H2,1H3,(H4,19,20,21,22). The lowest BCUT2D eigenvalue weighted by Crippen LogP contribution is -2.58. The Bertz CT molecular complexity index is 741. The highest BCUT2D eigenvalue weighted by Crippen LogP contribution is 2.39. The van der Waals surface area contributed by atoms with Gasteiger partial charge in [0.1, 0.15) is 11.5 Å². The Hall–Kier alpha value is -2.64. The highest BCUT2D eigenvalue weighted by molar-refractivity contribution is 6.06. The summed E-state index contributed by atoms with van der Waals surface area (Å²) < 4.78 is 19.0. The minimum atomic E-state index is -0.713. The molecule has 8 heteroatoms. The number of anilines is 1. The van der Waals surface area contributed by atoms with Gasteiger partial charge in [0.2, 0.25) is 11.9 Å². The summed E-state index contributed by atoms with van der Waals surface area (Å²) >= 11 is 0. The number of nitrogens with two attached hydrogens (primary N) is 2. The van der Waals surface area contributed by atoms with E-state index in [9.17, 15) is 9.18 Å². The Kier molecular flexibility index (Phi) is 4.61. The molecule has 0 amide bonds. The summed E-state index contributed by atoms with van der Waals surface area (Å²) in [7, 11) is 0. The lowest BCUT2D eigenvalue weighted by atomic mass is 9.87. The molecule has 1 fully saturated rings. The molecule has 1 aromatic carbocycles. The second-order valence-corrected chi connectivity index (χ2v) is 6.20. The van der Waals surface area contributed by atoms with Crippen LogP contribution >= 0.6 is 0 Å². The first-order chi connectivity index (χ1) is 12.0. The van der Waals surface area contributed by atoms with E-state index in [1.165, 1.54) is 12.1 Å². The van der Waals surface area contributed by atoms with Gasteiger partial charge in [0.25, 0.3) is 0 Å². The molecule has 25 heavy (non-hydrogen) atoms. The smallest absolute Gasteiger partial charge is 0.341 e. The maximum Gasteiger partial charge on any atom is 0.341 e. The zero-order valence-electron chi connectivity index (χ0n) is 14.2. The number of guanidine groups is 2. The van der Waals surface area contributed by atoms with Crippen LogP contribution in [0.15, 0.2) is 28.2 Å². The zero-order valence-corrected chi connectivity index (χ0v) is 14.2. The van der Waals surface area contributed by atoms with E-state index < -0.39 is 17.4 Å². The van der Waals surface area contributed by atoms with Gasteiger partial charge in [0.05, 0.1) is 12.2 Å². The van der Waals surface area contributed by atoms with Crippen LogP contribution < -0.4 is 16.4 Å². The van der Waals surface area contributed by atoms with Crippen molar-refractivity contribution in [3.8, 4) is 0 Å². The van der Waals surface area contributed by atoms with Crippen LogP contribution in [0.25, 0.3) is 0 Å². The van der Waals surface area contributed by atoms with Gasteiger partial charge >= 0.3 is 5.97 Å². The van der Waals surface area contributed by atoms with Crippen molar-refractivity contribution in [1.29, 1.82) is 0 Å². The van der Waals surface area contributed by atoms with Gasteiger partial charge in [-0.25, -0.2) is 14.2 Å². The van der Waals surface area contributed by atoms with Gasteiger partial charge in [0, 0.05) is 5.69 Å². The molecule has 1 aliphatic carbocycles. The van der Waals surface area contributed by atoms with Gasteiger partial charge in [0.15, 0.2) is 0 Å². The molecular formula is C17H22FN5O2. The Balaban J connectivity index is 2.05. The van der Waals surface area contributed by atoms with E-state index in [0.29, 0.717) is 5.69 Å². The Morgan fingerprint density at radius 2 is 2.04 bits per heavy atom. The third kappa shape index (κ3) is 3.16. The van der Waals surface area contributed by atoms with E-state index in [0.717, 1.165) is 32.1 Å². The summed E-state index contributed by atoms with van der Waals surface area (Å²) in [6.07, 6.45) is 4.59. The average Bonchev–Trinajstić information content (AvgIpc) is 2.56. The number of carbonyl (C=O) groups excluding carboxylic acids is 1. The summed E-state index contributed by atoms with van der Waals surface area (Å²) in [6.45, 7) is 1.84. The van der Waals surface area contributed by atoms with E-state index in [1.54, 1.807) is 17.9 Å². The monoisotopic (exact) mass is 347 g/mol. The number of nitrogens with zero attached hydrogens (tertiary/aromatic N) is 3. The largest absolute Gasteiger partial charge is 0.462 e. The van der Waals surface area contributed by atoms with Crippen molar-refractivity contribution in [2.45, 2.75) is 44.7 Å². The van der Waals surface area contributed by atoms with Gasteiger partial charge in [-0.2, -0.15) is 4.99 Å². The highest BCUT2D eigenvalue weighted by atomic mass is 19.1. The molecule has 1 spiro atoms. The fourth-order valence-electron chi connectivity index (χ4n) is 3.51. The second-order valence-electron chi connectivity index (χ2n) is 6.20. The fraction of sp³-hybridized carbons (Fsp3) is 0.471. The predicted octanol–water partition coefficient (Wildman–Crippen LogP) is 2.11. The van der Waals surface area contributed by atoms with E-state index in [2.05, 4.69) is 9.98 Å². The minimum absolute atomic E-state index is 0.138. The summed E-state index contributed by atoms with van der Waals surface area (Å²) in [6, 6.07) is 4.23. The number of aliphatic imine (C=N–C) groups is 2. The van der Waals surface area contributed by atoms with Gasteiger partial charge in [-0.1, -0.05) is 6.42 Å². The van der Waals surface area contributed by atoms with Crippen molar-refractivity contribution in [2.24, 2.45) is 21.5 Å². The summed E-state index contributed by atoms with van der Waals surface area (Å²) in [4.78, 5) is 22.4. The minimum Gasteiger partial charge on any atom is -0.462 e. The molecule has 0 aromatic heterocycles.